The van der Waals surface area contributed by atoms with E-state index in [-0.39, 0.29) is 6.71 Å². The van der Waals surface area contributed by atoms with E-state index in [1.165, 1.54) is 0 Å². The Morgan fingerprint density at radius 1 is 0.537 bits per heavy atom. The molecule has 0 saturated heterocycles. The summed E-state index contributed by atoms with van der Waals surface area (Å²) in [5, 5.41) is 2.07. The Bertz CT molecular complexity index is 2090. The maximum Gasteiger partial charge on any atom is 0.260 e. The molecule has 6 heteroatoms. The highest BCUT2D eigenvalue weighted by atomic mass is 16.5. The van der Waals surface area contributed by atoms with Crippen molar-refractivity contribution in [2.45, 2.75) is 0 Å². The summed E-state index contributed by atoms with van der Waals surface area (Å²) in [6.45, 7) is 0.00206. The predicted molar refractivity (Wildman–Crippen MR) is 164 cm³/mol. The largest absolute Gasteiger partial charge is 0.458 e. The highest BCUT2D eigenvalue weighted by Crippen LogP contribution is 2.40. The van der Waals surface area contributed by atoms with Crippen molar-refractivity contribution in [3.8, 4) is 23.0 Å². The maximum atomic E-state index is 6.57. The van der Waals surface area contributed by atoms with E-state index in [0.717, 1.165) is 78.4 Å². The summed E-state index contributed by atoms with van der Waals surface area (Å²) < 4.78 is 19.3. The van der Waals surface area contributed by atoms with Crippen molar-refractivity contribution in [2.24, 2.45) is 0 Å². The van der Waals surface area contributed by atoms with Crippen LogP contribution in [0, 0.1) is 0 Å². The first-order valence-electron chi connectivity index (χ1n) is 13.6. The number of anilines is 3. The molecular weight excluding hydrogens is 507 g/mol. The highest BCUT2D eigenvalue weighted by Gasteiger charge is 2.40. The second-order valence-corrected chi connectivity index (χ2v) is 10.4. The molecule has 0 saturated carbocycles. The SMILES string of the molecule is c1ccc(N(c2cccnc2)c2ccc3c(c2)oc2cc4c(cc23)Oc2cccc3c2B4c2ccccc2O3)cc1. The van der Waals surface area contributed by atoms with Gasteiger partial charge in [0.2, 0.25) is 0 Å². The fraction of sp³-hybridized carbons (Fsp3) is 0. The number of hydrogen-bond acceptors (Lipinski definition) is 5. The molecule has 2 aromatic heterocycles. The molecule has 0 fully saturated rings. The zero-order valence-electron chi connectivity index (χ0n) is 21.8. The Morgan fingerprint density at radius 2 is 1.29 bits per heavy atom. The van der Waals surface area contributed by atoms with Gasteiger partial charge in [-0.15, -0.1) is 0 Å². The molecule has 192 valence electrons. The lowest BCUT2D eigenvalue weighted by Gasteiger charge is -2.32. The molecule has 0 radical (unpaired) electrons. The van der Waals surface area contributed by atoms with Crippen LogP contribution in [0.2, 0.25) is 0 Å². The van der Waals surface area contributed by atoms with Crippen molar-refractivity contribution in [2.75, 3.05) is 4.90 Å². The number of ether oxygens (including phenoxy) is 2. The fourth-order valence-electron chi connectivity index (χ4n) is 6.28. The Hall–Kier alpha value is -5.49. The van der Waals surface area contributed by atoms with Crippen LogP contribution in [-0.2, 0) is 0 Å². The van der Waals surface area contributed by atoms with Crippen molar-refractivity contribution >= 4 is 62.1 Å². The zero-order chi connectivity index (χ0) is 26.9. The van der Waals surface area contributed by atoms with E-state index in [4.69, 9.17) is 13.9 Å². The number of aromatic nitrogens is 1. The van der Waals surface area contributed by atoms with E-state index in [0.29, 0.717) is 0 Å². The van der Waals surface area contributed by atoms with Gasteiger partial charge in [-0.3, -0.25) is 4.98 Å². The Morgan fingerprint density at radius 3 is 2.15 bits per heavy atom. The van der Waals surface area contributed by atoms with E-state index in [9.17, 15) is 0 Å². The van der Waals surface area contributed by atoms with Crippen molar-refractivity contribution in [1.82, 2.24) is 4.98 Å². The molecule has 0 amide bonds. The number of pyridine rings is 1. The second kappa shape index (κ2) is 8.51. The van der Waals surface area contributed by atoms with Gasteiger partial charge in [-0.1, -0.05) is 42.5 Å². The molecule has 0 bridgehead atoms. The van der Waals surface area contributed by atoms with Crippen molar-refractivity contribution in [1.29, 1.82) is 0 Å². The molecule has 4 heterocycles. The topological polar surface area (TPSA) is 47.7 Å². The van der Waals surface area contributed by atoms with Gasteiger partial charge in [-0.05, 0) is 77.7 Å². The molecule has 0 atom stereocenters. The van der Waals surface area contributed by atoms with Gasteiger partial charge in [0.25, 0.3) is 6.71 Å². The maximum absolute atomic E-state index is 6.57. The van der Waals surface area contributed by atoms with Gasteiger partial charge in [-0.25, -0.2) is 0 Å². The monoisotopic (exact) mass is 528 g/mol. The molecule has 41 heavy (non-hydrogen) atoms. The average Bonchev–Trinajstić information content (AvgIpc) is 3.38. The van der Waals surface area contributed by atoms with Crippen molar-refractivity contribution in [3.63, 3.8) is 0 Å². The van der Waals surface area contributed by atoms with E-state index < -0.39 is 0 Å². The van der Waals surface area contributed by atoms with Crippen LogP contribution in [0.4, 0.5) is 17.1 Å². The van der Waals surface area contributed by atoms with E-state index in [1.54, 1.807) is 6.20 Å². The quantitative estimate of drug-likeness (QED) is 0.228. The van der Waals surface area contributed by atoms with Crippen LogP contribution >= 0.6 is 0 Å². The third-order valence-electron chi connectivity index (χ3n) is 8.06. The van der Waals surface area contributed by atoms with Gasteiger partial charge in [0.15, 0.2) is 0 Å². The Kier molecular flexibility index (Phi) is 4.63. The lowest BCUT2D eigenvalue weighted by molar-refractivity contribution is 0.465. The highest BCUT2D eigenvalue weighted by molar-refractivity contribution is 6.98. The minimum absolute atomic E-state index is 0.00206. The summed E-state index contributed by atoms with van der Waals surface area (Å²) in [4.78, 5) is 6.55. The van der Waals surface area contributed by atoms with E-state index >= 15 is 0 Å². The van der Waals surface area contributed by atoms with Gasteiger partial charge in [0.1, 0.15) is 34.2 Å². The molecule has 5 nitrogen and oxygen atoms in total. The standard InChI is InChI=1S/C35H21BN2O3/c1-2-8-22(9-3-1)38(24-10-7-17-37-21-24)23-15-16-25-26-19-34-28(20-33(26)41-32(25)18-23)36-27-11-4-5-12-29(27)39-30-13-6-14-31(40-34)35(30)36/h1-21H. The summed E-state index contributed by atoms with van der Waals surface area (Å²) in [6, 6.07) is 39.2. The van der Waals surface area contributed by atoms with Gasteiger partial charge in [0, 0.05) is 39.9 Å². The Balaban J connectivity index is 1.23. The van der Waals surface area contributed by atoms with Crippen LogP contribution in [0.25, 0.3) is 21.9 Å². The van der Waals surface area contributed by atoms with Gasteiger partial charge in [0.05, 0.1) is 11.9 Å². The van der Waals surface area contributed by atoms with Gasteiger partial charge >= 0.3 is 0 Å². The summed E-state index contributed by atoms with van der Waals surface area (Å²) >= 11 is 0. The lowest BCUT2D eigenvalue weighted by atomic mass is 9.35. The molecule has 0 N–H and O–H groups in total. The molecule has 2 aliphatic rings. The van der Waals surface area contributed by atoms with Crippen LogP contribution in [0.15, 0.2) is 132 Å². The first-order chi connectivity index (χ1) is 20.3. The normalized spacial score (nSPS) is 12.7. The number of fused-ring (bicyclic) bond motifs is 7. The molecule has 7 aromatic rings. The molecule has 0 aliphatic carbocycles. The van der Waals surface area contributed by atoms with E-state index in [1.807, 2.05) is 60.8 Å². The van der Waals surface area contributed by atoms with Gasteiger partial charge in [-0.2, -0.15) is 0 Å². The third kappa shape index (κ3) is 3.34. The number of para-hydroxylation sites is 2. The number of rotatable bonds is 3. The summed E-state index contributed by atoms with van der Waals surface area (Å²) in [7, 11) is 0. The summed E-state index contributed by atoms with van der Waals surface area (Å²) in [6.07, 6.45) is 3.66. The molecular formula is C35H21BN2O3. The molecule has 0 unspecified atom stereocenters. The number of furan rings is 1. The second-order valence-electron chi connectivity index (χ2n) is 10.4. The molecule has 9 rings (SSSR count). The minimum atomic E-state index is 0.00206. The fourth-order valence-corrected chi connectivity index (χ4v) is 6.28. The minimum Gasteiger partial charge on any atom is -0.458 e. The van der Waals surface area contributed by atoms with Gasteiger partial charge < -0.3 is 18.8 Å². The van der Waals surface area contributed by atoms with Crippen LogP contribution in [0.1, 0.15) is 0 Å². The average molecular weight is 528 g/mol. The smallest absolute Gasteiger partial charge is 0.260 e. The van der Waals surface area contributed by atoms with E-state index in [2.05, 4.69) is 70.5 Å². The van der Waals surface area contributed by atoms with Crippen LogP contribution in [0.3, 0.4) is 0 Å². The van der Waals surface area contributed by atoms with Crippen LogP contribution in [0.5, 0.6) is 23.0 Å². The predicted octanol–water partition coefficient (Wildman–Crippen LogP) is 7.18. The lowest BCUT2D eigenvalue weighted by Crippen LogP contribution is -2.57. The summed E-state index contributed by atoms with van der Waals surface area (Å²) in [5.74, 6) is 3.39. The third-order valence-corrected chi connectivity index (χ3v) is 8.06. The summed E-state index contributed by atoms with van der Waals surface area (Å²) in [5.41, 5.74) is 7.93. The van der Waals surface area contributed by atoms with Crippen LogP contribution < -0.4 is 30.8 Å². The number of nitrogens with zero attached hydrogens (tertiary/aromatic N) is 2. The molecule has 0 spiro atoms. The molecule has 5 aromatic carbocycles. The molecule has 2 aliphatic heterocycles. The first kappa shape index (κ1) is 22.3. The van der Waals surface area contributed by atoms with Crippen molar-refractivity contribution in [3.05, 3.63) is 128 Å². The first-order valence-corrected chi connectivity index (χ1v) is 13.6. The van der Waals surface area contributed by atoms with Crippen LogP contribution in [-0.4, -0.2) is 11.7 Å². The van der Waals surface area contributed by atoms with Crippen molar-refractivity contribution < 1.29 is 13.9 Å². The number of benzene rings is 5. The Labute approximate surface area is 236 Å². The number of hydrogen-bond donors (Lipinski definition) is 0. The zero-order valence-corrected chi connectivity index (χ0v) is 21.8.